The van der Waals surface area contributed by atoms with E-state index in [-0.39, 0.29) is 12.7 Å². The molecule has 1 fully saturated rings. The number of β-amino-alcohol motifs (C(OH)–C–C–N with tert-alkyl or cyclic N) is 1. The predicted octanol–water partition coefficient (Wildman–Crippen LogP) is 3.71. The third kappa shape index (κ3) is 4.90. The minimum atomic E-state index is 0.0547. The molecule has 1 saturated heterocycles. The van der Waals surface area contributed by atoms with E-state index in [1.165, 1.54) is 20.9 Å². The molecule has 150 valence electrons. The van der Waals surface area contributed by atoms with E-state index in [0.717, 1.165) is 57.3 Å². The third-order valence-corrected chi connectivity index (χ3v) is 6.97. The van der Waals surface area contributed by atoms with E-state index in [9.17, 15) is 0 Å². The van der Waals surface area contributed by atoms with Crippen LogP contribution in [0.4, 0.5) is 0 Å². The second-order valence-electron chi connectivity index (χ2n) is 7.36. The highest BCUT2D eigenvalue weighted by molar-refractivity contribution is 7.99. The number of benzene rings is 2. The number of hydrogen-bond donors (Lipinski definition) is 1. The maximum atomic E-state index is 9.07. The van der Waals surface area contributed by atoms with Crippen molar-refractivity contribution in [3.05, 3.63) is 58.6 Å². The Bertz CT molecular complexity index is 796. The quantitative estimate of drug-likeness (QED) is 0.773. The first kappa shape index (κ1) is 20.2. The van der Waals surface area contributed by atoms with Gasteiger partial charge >= 0.3 is 0 Å². The lowest BCUT2D eigenvalue weighted by Crippen LogP contribution is -2.48. The lowest BCUT2D eigenvalue weighted by atomic mass is 10.0. The molecule has 0 saturated carbocycles. The van der Waals surface area contributed by atoms with Crippen LogP contribution in [0.5, 0.6) is 0 Å². The summed E-state index contributed by atoms with van der Waals surface area (Å²) in [5.74, 6) is 0. The van der Waals surface area contributed by atoms with Crippen LogP contribution in [0.25, 0.3) is 0 Å². The number of ether oxygens (including phenoxy) is 1. The van der Waals surface area contributed by atoms with Gasteiger partial charge in [0.2, 0.25) is 0 Å². The minimum Gasteiger partial charge on any atom is -0.395 e. The molecule has 0 aliphatic carbocycles. The summed E-state index contributed by atoms with van der Waals surface area (Å²) < 4.78 is 6.41. The molecule has 2 aliphatic heterocycles. The number of hydrogen-bond acceptors (Lipinski definition) is 5. The van der Waals surface area contributed by atoms with Crippen LogP contribution in [-0.4, -0.2) is 67.4 Å². The molecule has 1 atom stereocenters. The molecule has 2 heterocycles. The van der Waals surface area contributed by atoms with Gasteiger partial charge in [0.05, 0.1) is 19.3 Å². The Kier molecular flexibility index (Phi) is 6.94. The van der Waals surface area contributed by atoms with Gasteiger partial charge in [-0.1, -0.05) is 41.6 Å². The van der Waals surface area contributed by atoms with Crippen LogP contribution in [0, 0.1) is 0 Å². The number of aliphatic hydroxyl groups is 1. The largest absolute Gasteiger partial charge is 0.395 e. The monoisotopic (exact) mass is 418 g/mol. The van der Waals surface area contributed by atoms with E-state index in [1.54, 1.807) is 0 Å². The van der Waals surface area contributed by atoms with Crippen molar-refractivity contribution in [1.82, 2.24) is 9.80 Å². The highest BCUT2D eigenvalue weighted by atomic mass is 35.5. The fourth-order valence-electron chi connectivity index (χ4n) is 3.93. The molecule has 28 heavy (non-hydrogen) atoms. The van der Waals surface area contributed by atoms with Crippen molar-refractivity contribution in [2.24, 2.45) is 0 Å². The number of fused-ring (bicyclic) bond motifs is 2. The Morgan fingerprint density at radius 2 is 1.75 bits per heavy atom. The fourth-order valence-corrected chi connectivity index (χ4v) is 5.23. The van der Waals surface area contributed by atoms with E-state index in [2.05, 4.69) is 46.2 Å². The second-order valence-corrected chi connectivity index (χ2v) is 8.88. The molecule has 6 heteroatoms. The van der Waals surface area contributed by atoms with Crippen LogP contribution in [0.15, 0.2) is 52.3 Å². The van der Waals surface area contributed by atoms with E-state index < -0.39 is 0 Å². The van der Waals surface area contributed by atoms with Crippen molar-refractivity contribution in [3.8, 4) is 0 Å². The summed E-state index contributed by atoms with van der Waals surface area (Å²) in [4.78, 5) is 7.31. The molecule has 2 aromatic rings. The summed E-state index contributed by atoms with van der Waals surface area (Å²) in [6.07, 6.45) is 0.906. The number of piperazine rings is 1. The molecule has 4 rings (SSSR count). The number of halogens is 1. The number of rotatable bonds is 6. The topological polar surface area (TPSA) is 35.9 Å². The molecule has 4 nitrogen and oxygen atoms in total. The molecule has 0 radical (unpaired) electrons. The van der Waals surface area contributed by atoms with Crippen LogP contribution in [-0.2, 0) is 11.2 Å². The first-order chi connectivity index (χ1) is 13.7. The zero-order valence-electron chi connectivity index (χ0n) is 16.0. The van der Waals surface area contributed by atoms with Crippen molar-refractivity contribution >= 4 is 23.4 Å². The van der Waals surface area contributed by atoms with Gasteiger partial charge in [0.1, 0.15) is 0 Å². The van der Waals surface area contributed by atoms with Gasteiger partial charge in [-0.05, 0) is 35.4 Å². The first-order valence-electron chi connectivity index (χ1n) is 9.95. The molecule has 2 aromatic carbocycles. The van der Waals surface area contributed by atoms with Gasteiger partial charge in [0.15, 0.2) is 0 Å². The molecule has 1 N–H and O–H groups in total. The highest BCUT2D eigenvalue weighted by Gasteiger charge is 2.24. The summed E-state index contributed by atoms with van der Waals surface area (Å²) in [5, 5.41) is 9.86. The summed E-state index contributed by atoms with van der Waals surface area (Å²) in [5.41, 5.74) is 2.53. The normalized spacial score (nSPS) is 20.4. The van der Waals surface area contributed by atoms with Crippen molar-refractivity contribution in [2.45, 2.75) is 22.3 Å². The Morgan fingerprint density at radius 3 is 2.54 bits per heavy atom. The van der Waals surface area contributed by atoms with Crippen LogP contribution in [0.3, 0.4) is 0 Å². The average Bonchev–Trinajstić information content (AvgIpc) is 2.86. The van der Waals surface area contributed by atoms with Crippen LogP contribution < -0.4 is 0 Å². The SMILES string of the molecule is OCCN1CCN(CCO[C@H]2Cc3cc(Cl)ccc3Sc3ccccc32)CC1. The lowest BCUT2D eigenvalue weighted by Gasteiger charge is -2.34. The number of nitrogens with zero attached hydrogens (tertiary/aromatic N) is 2. The smallest absolute Gasteiger partial charge is 0.0877 e. The zero-order chi connectivity index (χ0) is 19.3. The summed E-state index contributed by atoms with van der Waals surface area (Å²) in [6.45, 7) is 6.82. The van der Waals surface area contributed by atoms with Crippen molar-refractivity contribution in [1.29, 1.82) is 0 Å². The van der Waals surface area contributed by atoms with Crippen molar-refractivity contribution < 1.29 is 9.84 Å². The van der Waals surface area contributed by atoms with Crippen LogP contribution in [0.2, 0.25) is 5.02 Å². The summed E-state index contributed by atoms with van der Waals surface area (Å²) in [6, 6.07) is 14.7. The molecule has 0 spiro atoms. The zero-order valence-corrected chi connectivity index (χ0v) is 17.6. The van der Waals surface area contributed by atoms with E-state index in [0.29, 0.717) is 0 Å². The molecular formula is C22H27ClN2O2S. The van der Waals surface area contributed by atoms with Gasteiger partial charge in [-0.2, -0.15) is 0 Å². The van der Waals surface area contributed by atoms with Crippen molar-refractivity contribution in [2.75, 3.05) is 52.5 Å². The molecular weight excluding hydrogens is 392 g/mol. The summed E-state index contributed by atoms with van der Waals surface area (Å²) >= 11 is 8.06. The third-order valence-electron chi connectivity index (χ3n) is 5.52. The van der Waals surface area contributed by atoms with Gasteiger partial charge in [0, 0.05) is 60.5 Å². The van der Waals surface area contributed by atoms with Gasteiger partial charge in [-0.3, -0.25) is 9.80 Å². The maximum Gasteiger partial charge on any atom is 0.0877 e. The maximum absolute atomic E-state index is 9.07. The van der Waals surface area contributed by atoms with Gasteiger partial charge in [0.25, 0.3) is 0 Å². The molecule has 0 aromatic heterocycles. The molecule has 0 bridgehead atoms. The molecule has 0 amide bonds. The van der Waals surface area contributed by atoms with Crippen LogP contribution in [0.1, 0.15) is 17.2 Å². The highest BCUT2D eigenvalue weighted by Crippen LogP contribution is 2.42. The molecule has 2 aliphatic rings. The van der Waals surface area contributed by atoms with E-state index in [1.807, 2.05) is 17.8 Å². The second kappa shape index (κ2) is 9.61. The average molecular weight is 419 g/mol. The Morgan fingerprint density at radius 1 is 1.00 bits per heavy atom. The van der Waals surface area contributed by atoms with E-state index in [4.69, 9.17) is 21.4 Å². The fraction of sp³-hybridized carbons (Fsp3) is 0.455. The summed E-state index contributed by atoms with van der Waals surface area (Å²) in [7, 11) is 0. The Hall–Kier alpha value is -1.08. The van der Waals surface area contributed by atoms with Gasteiger partial charge in [-0.25, -0.2) is 0 Å². The first-order valence-corrected chi connectivity index (χ1v) is 11.1. The Labute approximate surface area is 176 Å². The molecule has 0 unspecified atom stereocenters. The lowest BCUT2D eigenvalue weighted by molar-refractivity contribution is 0.0240. The van der Waals surface area contributed by atoms with E-state index >= 15 is 0 Å². The van der Waals surface area contributed by atoms with Crippen molar-refractivity contribution in [3.63, 3.8) is 0 Å². The Balaban J connectivity index is 1.39. The predicted molar refractivity (Wildman–Crippen MR) is 114 cm³/mol. The minimum absolute atomic E-state index is 0.0547. The standard InChI is InChI=1S/C22H27ClN2O2S/c23-18-5-6-21-17(15-18)16-20(19-3-1-2-4-22(19)28-21)27-14-12-25-9-7-24(8-10-25)11-13-26/h1-6,15,20,26H,7-14,16H2/t20-/m0/s1. The van der Waals surface area contributed by atoms with Gasteiger partial charge in [-0.15, -0.1) is 0 Å². The van der Waals surface area contributed by atoms with Crippen LogP contribution >= 0.6 is 23.4 Å². The number of aliphatic hydroxyl groups excluding tert-OH is 1. The van der Waals surface area contributed by atoms with Gasteiger partial charge < -0.3 is 9.84 Å².